The highest BCUT2D eigenvalue weighted by atomic mass is 32.2. The molecule has 7 fully saturated rings. The minimum absolute atomic E-state index is 0.0267. The Bertz CT molecular complexity index is 4350. The monoisotopic (exact) mass is 1520 g/mol. The lowest BCUT2D eigenvalue weighted by Gasteiger charge is -2.35. The van der Waals surface area contributed by atoms with Gasteiger partial charge in [-0.05, 0) is 164 Å². The number of non-ortho nitro benzene ring substituents is 2. The summed E-state index contributed by atoms with van der Waals surface area (Å²) in [4.78, 5) is 94.0. The zero-order chi connectivity index (χ0) is 75.4. The van der Waals surface area contributed by atoms with Gasteiger partial charge in [-0.25, -0.2) is 38.5 Å². The number of urea groups is 1. The van der Waals surface area contributed by atoms with E-state index in [0.717, 1.165) is 73.4 Å². The van der Waals surface area contributed by atoms with Crippen LogP contribution in [0.5, 0.6) is 0 Å². The van der Waals surface area contributed by atoms with Crippen LogP contribution in [0.15, 0.2) is 141 Å². The Hall–Kier alpha value is -8.63. The first-order chi connectivity index (χ1) is 49.3. The Kier molecular flexibility index (Phi) is 26.4. The van der Waals surface area contributed by atoms with E-state index in [1.54, 1.807) is 51.1 Å². The molecule has 4 atom stereocenters. The third kappa shape index (κ3) is 19.3. The number of aliphatic carboxylic acids is 1. The molecule has 0 unspecified atom stereocenters. The van der Waals surface area contributed by atoms with Crippen molar-refractivity contribution in [3.8, 4) is 0 Å². The van der Waals surface area contributed by atoms with Crippen LogP contribution in [-0.4, -0.2) is 275 Å². The van der Waals surface area contributed by atoms with Gasteiger partial charge in [0.1, 0.15) is 24.2 Å². The number of amides is 5. The zero-order valence-corrected chi connectivity index (χ0v) is 61.6. The first kappa shape index (κ1) is 79.5. The molecule has 7 heterocycles. The molecule has 33 nitrogen and oxygen atoms in total. The van der Waals surface area contributed by atoms with Crippen molar-refractivity contribution in [3.63, 3.8) is 0 Å². The molecule has 0 aliphatic carbocycles. The number of aryl methyl sites for hydroxylation is 1. The number of anilines is 3. The predicted molar refractivity (Wildman–Crippen MR) is 385 cm³/mol. The van der Waals surface area contributed by atoms with Crippen molar-refractivity contribution < 1.29 is 72.6 Å². The molecule has 7 aliphatic rings. The van der Waals surface area contributed by atoms with E-state index in [0.29, 0.717) is 114 Å². The Morgan fingerprint density at radius 2 is 0.644 bits per heavy atom. The number of carbonyl (C=O) groups is 5. The van der Waals surface area contributed by atoms with Crippen molar-refractivity contribution in [2.45, 2.75) is 102 Å². The van der Waals surface area contributed by atoms with Gasteiger partial charge in [-0.1, -0.05) is 17.7 Å². The summed E-state index contributed by atoms with van der Waals surface area (Å²) in [6.45, 7) is 11.6. The molecule has 0 spiro atoms. The number of benzene rings is 5. The molecule has 0 saturated carbocycles. The van der Waals surface area contributed by atoms with Gasteiger partial charge in [0.2, 0.25) is 57.8 Å². The van der Waals surface area contributed by atoms with Crippen LogP contribution >= 0.6 is 0 Å². The number of nitro groups is 2. The molecule has 0 radical (unpaired) electrons. The summed E-state index contributed by atoms with van der Waals surface area (Å²) in [6, 6.07) is 25.3. The van der Waals surface area contributed by atoms with Gasteiger partial charge in [0.25, 0.3) is 11.4 Å². The van der Waals surface area contributed by atoms with E-state index < -0.39 is 86.1 Å². The highest BCUT2D eigenvalue weighted by molar-refractivity contribution is 7.90. The standard InChI is InChI=1S/C24H31N5O4S.C16H22N4O5S.C16H24N4O3S.C11H12N2O6S/c1-18-5-7-19(8-6-18)25-24(31)26-20-9-11-21(12-10-20)34(32,33)29-13-3-4-22(29)23(30)28-16-14-27(2)15-17-28;1-17-9-11-18(12-10-17)16(21)15-3-2-8-19(15)26(24,25)14-6-4-13(5-7-14)20(22)23;1-18-9-11-19(12-10-18)16(21)15-3-2-8-20(15)24(22,23)14-6-4-13(17)5-7-14;14-11(15)10-2-1-7-12(10)20(18,19)9-5-3-8(4-6-9)13(16)17/h5-12,22H,3-4,13-17H2,1-2H3,(H2,25,26,31);4-7,15H,2-3,8-12H2,1H3;4-7,15H,2-3,8-12,17H2,1H3;3-6,10H,1-2,7H2,(H,14,15)/t22-;2*15-;10-/m1000/s1. The lowest BCUT2D eigenvalue weighted by molar-refractivity contribution is -0.385. The Balaban J connectivity index is 0.000000164. The zero-order valence-electron chi connectivity index (χ0n) is 58.3. The summed E-state index contributed by atoms with van der Waals surface area (Å²) in [5.74, 6) is -1.52. The SMILES string of the molecule is CN1CCN(C(=O)[C@@H]2CCCN2S(=O)(=O)c2ccc(N)cc2)CC1.CN1CCN(C(=O)[C@@H]2CCCN2S(=O)(=O)c2ccc([N+](=O)[O-])cc2)CC1.Cc1ccc(NC(=O)Nc2ccc(S(=O)(=O)N3CCC[C@@H]3C(=O)N3CCN(C)CC3)cc2)cc1.O=C(O)[C@@H]1CCCN1S(=O)(=O)c1ccc([N+](=O)[O-])cc1. The average Bonchev–Trinajstić information content (AvgIpc) is 1.77. The highest BCUT2D eigenvalue weighted by Gasteiger charge is 2.45. The second kappa shape index (κ2) is 34.5. The van der Waals surface area contributed by atoms with Crippen LogP contribution in [0.2, 0.25) is 0 Å². The second-order valence-corrected chi connectivity index (χ2v) is 33.9. The number of nitro benzene ring substituents is 2. The largest absolute Gasteiger partial charge is 0.480 e. The van der Waals surface area contributed by atoms with E-state index in [4.69, 9.17) is 10.8 Å². The number of nitrogen functional groups attached to an aromatic ring is 1. The fourth-order valence-corrected chi connectivity index (χ4v) is 19.7. The lowest BCUT2D eigenvalue weighted by atomic mass is 10.2. The summed E-state index contributed by atoms with van der Waals surface area (Å²) in [7, 11) is -9.31. The fourth-order valence-electron chi connectivity index (χ4n) is 13.1. The maximum absolute atomic E-state index is 13.3. The molecule has 7 aliphatic heterocycles. The number of sulfonamides is 4. The maximum Gasteiger partial charge on any atom is 0.323 e. The number of piperazine rings is 3. The predicted octanol–water partition coefficient (Wildman–Crippen LogP) is 4.12. The smallest absolute Gasteiger partial charge is 0.323 e. The molecule has 7 saturated heterocycles. The van der Waals surface area contributed by atoms with E-state index in [1.165, 1.54) is 61.4 Å². The number of carboxylic acid groups (broad SMARTS) is 1. The van der Waals surface area contributed by atoms with Crippen LogP contribution < -0.4 is 16.4 Å². The van der Waals surface area contributed by atoms with Gasteiger partial charge in [0, 0.05) is 146 Å². The van der Waals surface area contributed by atoms with Crippen molar-refractivity contribution in [1.82, 2.24) is 46.6 Å². The first-order valence-corrected chi connectivity index (χ1v) is 39.9. The molecule has 5 aromatic rings. The molecule has 564 valence electrons. The van der Waals surface area contributed by atoms with Gasteiger partial charge in [0.15, 0.2) is 0 Å². The molecule has 12 rings (SSSR count). The average molecular weight is 1520 g/mol. The topological polar surface area (TPSA) is 411 Å². The van der Waals surface area contributed by atoms with Gasteiger partial charge in [-0.3, -0.25) is 39.4 Å². The summed E-state index contributed by atoms with van der Waals surface area (Å²) in [6.07, 6.45) is 4.33. The van der Waals surface area contributed by atoms with Crippen LogP contribution in [0.25, 0.3) is 0 Å². The molecule has 104 heavy (non-hydrogen) atoms. The Labute approximate surface area is 605 Å². The van der Waals surface area contributed by atoms with Gasteiger partial charge >= 0.3 is 12.0 Å². The number of nitrogens with two attached hydrogens (primary N) is 1. The van der Waals surface area contributed by atoms with Crippen LogP contribution in [-0.2, 0) is 59.3 Å². The Morgan fingerprint density at radius 3 is 0.923 bits per heavy atom. The van der Waals surface area contributed by atoms with Crippen molar-refractivity contribution in [3.05, 3.63) is 147 Å². The number of hydrogen-bond acceptors (Lipinski definition) is 21. The molecule has 37 heteroatoms. The number of carbonyl (C=O) groups excluding carboxylic acids is 4. The molecule has 5 aromatic carbocycles. The number of rotatable bonds is 16. The number of nitrogens with zero attached hydrogens (tertiary/aromatic N) is 12. The van der Waals surface area contributed by atoms with Crippen LogP contribution in [0.4, 0.5) is 33.2 Å². The van der Waals surface area contributed by atoms with E-state index >= 15 is 0 Å². The number of likely N-dealkylation sites (N-methyl/N-ethyl adjacent to an activating group) is 3. The second-order valence-electron chi connectivity index (χ2n) is 26.4. The van der Waals surface area contributed by atoms with Gasteiger partial charge in [0.05, 0.1) is 29.4 Å². The number of carboxylic acids is 1. The minimum atomic E-state index is -3.95. The molecule has 5 amide bonds. The van der Waals surface area contributed by atoms with Crippen LogP contribution in [0, 0.1) is 27.2 Å². The Morgan fingerprint density at radius 1 is 0.394 bits per heavy atom. The van der Waals surface area contributed by atoms with E-state index in [2.05, 4.69) is 25.3 Å². The minimum Gasteiger partial charge on any atom is -0.480 e. The normalized spacial score (nSPS) is 21.3. The van der Waals surface area contributed by atoms with Gasteiger partial charge in [-0.2, -0.15) is 17.2 Å². The summed E-state index contributed by atoms with van der Waals surface area (Å²) < 4.78 is 108. The number of hydrogen-bond donors (Lipinski definition) is 4. The molecular weight excluding hydrogens is 1430 g/mol. The van der Waals surface area contributed by atoms with E-state index in [1.807, 2.05) is 40.2 Å². The van der Waals surface area contributed by atoms with Gasteiger partial charge in [-0.15, -0.1) is 0 Å². The third-order valence-corrected chi connectivity index (χ3v) is 26.9. The quantitative estimate of drug-likeness (QED) is 0.0613. The van der Waals surface area contributed by atoms with Crippen molar-refractivity contribution in [2.24, 2.45) is 0 Å². The summed E-state index contributed by atoms with van der Waals surface area (Å²) in [5.41, 5.74) is 7.97. The summed E-state index contributed by atoms with van der Waals surface area (Å²) in [5, 5.41) is 35.7. The lowest BCUT2D eigenvalue weighted by Crippen LogP contribution is -2.53. The number of nitrogens with one attached hydrogen (secondary N) is 2. The fraction of sp³-hybridized carbons (Fsp3) is 0.478. The van der Waals surface area contributed by atoms with Crippen LogP contribution in [0.1, 0.15) is 56.9 Å². The maximum atomic E-state index is 13.3. The molecule has 0 bridgehead atoms. The first-order valence-electron chi connectivity index (χ1n) is 34.1. The summed E-state index contributed by atoms with van der Waals surface area (Å²) >= 11 is 0. The van der Waals surface area contributed by atoms with Crippen molar-refractivity contribution in [2.75, 3.05) is 142 Å². The van der Waals surface area contributed by atoms with E-state index in [9.17, 15) is 77.9 Å². The van der Waals surface area contributed by atoms with Crippen molar-refractivity contribution in [1.29, 1.82) is 0 Å². The molecular formula is C67H89N15O18S4. The molecule has 0 aromatic heterocycles. The van der Waals surface area contributed by atoms with Crippen molar-refractivity contribution >= 4 is 98.3 Å². The van der Waals surface area contributed by atoms with Gasteiger partial charge < -0.3 is 50.9 Å². The highest BCUT2D eigenvalue weighted by Crippen LogP contribution is 2.33. The third-order valence-electron chi connectivity index (χ3n) is 19.2. The molecule has 5 N–H and O–H groups in total. The van der Waals surface area contributed by atoms with Crippen LogP contribution in [0.3, 0.4) is 0 Å². The van der Waals surface area contributed by atoms with E-state index in [-0.39, 0.29) is 68.2 Å².